The summed E-state index contributed by atoms with van der Waals surface area (Å²) in [6.45, 7) is 12.6. The molecule has 2 N–H and O–H groups in total. The highest BCUT2D eigenvalue weighted by molar-refractivity contribution is 5.76. The fourth-order valence-corrected chi connectivity index (χ4v) is 2.90. The predicted molar refractivity (Wildman–Crippen MR) is 76.2 cm³/mol. The van der Waals surface area contributed by atoms with Crippen molar-refractivity contribution >= 4 is 5.91 Å². The molecule has 1 aliphatic heterocycles. The van der Waals surface area contributed by atoms with Gasteiger partial charge in [-0.25, -0.2) is 0 Å². The zero-order valence-electron chi connectivity index (χ0n) is 12.7. The molecule has 1 saturated heterocycles. The molecule has 0 aromatic carbocycles. The zero-order valence-corrected chi connectivity index (χ0v) is 12.7. The standard InChI is InChI=1S/C15H30N2O/c1-11(2)8-12(3)9-14(18)17-7-6-13(16)15(4,5)10-17/h11-13H,6-10,16H2,1-5H3. The fraction of sp³-hybridized carbons (Fsp3) is 0.933. The third kappa shape index (κ3) is 4.27. The van der Waals surface area contributed by atoms with E-state index in [1.807, 2.05) is 4.90 Å². The van der Waals surface area contributed by atoms with Crippen LogP contribution < -0.4 is 5.73 Å². The lowest BCUT2D eigenvalue weighted by molar-refractivity contribution is -0.135. The smallest absolute Gasteiger partial charge is 0.222 e. The number of likely N-dealkylation sites (tertiary alicyclic amines) is 1. The molecular formula is C15H30N2O. The van der Waals surface area contributed by atoms with Crippen LogP contribution in [0.5, 0.6) is 0 Å². The monoisotopic (exact) mass is 254 g/mol. The average molecular weight is 254 g/mol. The van der Waals surface area contributed by atoms with E-state index in [1.54, 1.807) is 0 Å². The van der Waals surface area contributed by atoms with Crippen LogP contribution in [0.2, 0.25) is 0 Å². The summed E-state index contributed by atoms with van der Waals surface area (Å²) in [4.78, 5) is 14.3. The Labute approximate surface area is 112 Å². The Morgan fingerprint density at radius 3 is 2.50 bits per heavy atom. The SMILES string of the molecule is CC(C)CC(C)CC(=O)N1CCC(N)C(C)(C)C1. The second kappa shape index (κ2) is 6.05. The third-order valence-electron chi connectivity index (χ3n) is 4.06. The van der Waals surface area contributed by atoms with Gasteiger partial charge in [-0.05, 0) is 30.1 Å². The molecule has 106 valence electrons. The first-order valence-corrected chi connectivity index (χ1v) is 7.25. The van der Waals surface area contributed by atoms with Crippen molar-refractivity contribution in [3.05, 3.63) is 0 Å². The van der Waals surface area contributed by atoms with Crippen LogP contribution in [0.4, 0.5) is 0 Å². The Bertz CT molecular complexity index is 286. The van der Waals surface area contributed by atoms with E-state index in [9.17, 15) is 4.79 Å². The molecule has 0 radical (unpaired) electrons. The topological polar surface area (TPSA) is 46.3 Å². The maximum Gasteiger partial charge on any atom is 0.222 e. The summed E-state index contributed by atoms with van der Waals surface area (Å²) >= 11 is 0. The van der Waals surface area contributed by atoms with Crippen LogP contribution in [0.25, 0.3) is 0 Å². The molecule has 3 heteroatoms. The van der Waals surface area contributed by atoms with Gasteiger partial charge in [0.15, 0.2) is 0 Å². The highest BCUT2D eigenvalue weighted by atomic mass is 16.2. The lowest BCUT2D eigenvalue weighted by Gasteiger charge is -2.43. The Morgan fingerprint density at radius 2 is 2.00 bits per heavy atom. The van der Waals surface area contributed by atoms with E-state index in [1.165, 1.54) is 0 Å². The normalized spacial score (nSPS) is 25.3. The minimum Gasteiger partial charge on any atom is -0.342 e. The van der Waals surface area contributed by atoms with Crippen molar-refractivity contribution in [2.45, 2.75) is 59.9 Å². The van der Waals surface area contributed by atoms with Crippen molar-refractivity contribution in [2.24, 2.45) is 23.0 Å². The molecule has 1 heterocycles. The summed E-state index contributed by atoms with van der Waals surface area (Å²) in [5.74, 6) is 1.46. The predicted octanol–water partition coefficient (Wildman–Crippen LogP) is 2.64. The van der Waals surface area contributed by atoms with Gasteiger partial charge in [-0.15, -0.1) is 0 Å². The van der Waals surface area contributed by atoms with Crippen molar-refractivity contribution in [1.82, 2.24) is 4.90 Å². The molecular weight excluding hydrogens is 224 g/mol. The molecule has 1 aliphatic rings. The largest absolute Gasteiger partial charge is 0.342 e. The van der Waals surface area contributed by atoms with Crippen molar-refractivity contribution in [1.29, 1.82) is 0 Å². The highest BCUT2D eigenvalue weighted by Gasteiger charge is 2.35. The quantitative estimate of drug-likeness (QED) is 0.838. The number of piperidine rings is 1. The van der Waals surface area contributed by atoms with Crippen LogP contribution in [0.1, 0.15) is 53.9 Å². The molecule has 0 bridgehead atoms. The van der Waals surface area contributed by atoms with Gasteiger partial charge in [0.05, 0.1) is 0 Å². The molecule has 0 aliphatic carbocycles. The molecule has 0 aromatic heterocycles. The van der Waals surface area contributed by atoms with Crippen LogP contribution in [0, 0.1) is 17.3 Å². The van der Waals surface area contributed by atoms with E-state index >= 15 is 0 Å². The number of nitrogens with two attached hydrogens (primary N) is 1. The van der Waals surface area contributed by atoms with E-state index in [0.717, 1.165) is 25.9 Å². The Morgan fingerprint density at radius 1 is 1.39 bits per heavy atom. The second-order valence-corrected chi connectivity index (χ2v) is 7.14. The zero-order chi connectivity index (χ0) is 13.9. The summed E-state index contributed by atoms with van der Waals surface area (Å²) in [5, 5.41) is 0. The second-order valence-electron chi connectivity index (χ2n) is 7.14. The van der Waals surface area contributed by atoms with E-state index in [2.05, 4.69) is 34.6 Å². The summed E-state index contributed by atoms with van der Waals surface area (Å²) in [5.41, 5.74) is 6.15. The third-order valence-corrected chi connectivity index (χ3v) is 4.06. The van der Waals surface area contributed by atoms with Gasteiger partial charge in [-0.2, -0.15) is 0 Å². The maximum absolute atomic E-state index is 12.3. The number of amides is 1. The van der Waals surface area contributed by atoms with Crippen molar-refractivity contribution in [2.75, 3.05) is 13.1 Å². The number of carbonyl (C=O) groups excluding carboxylic acids is 1. The number of hydrogen-bond donors (Lipinski definition) is 1. The minimum atomic E-state index is 0.0508. The van der Waals surface area contributed by atoms with Gasteiger partial charge in [0, 0.05) is 25.6 Å². The average Bonchev–Trinajstić information content (AvgIpc) is 2.20. The first-order valence-electron chi connectivity index (χ1n) is 7.25. The van der Waals surface area contributed by atoms with Crippen LogP contribution in [-0.2, 0) is 4.79 Å². The van der Waals surface area contributed by atoms with Crippen LogP contribution >= 0.6 is 0 Å². The number of hydrogen-bond acceptors (Lipinski definition) is 2. The van der Waals surface area contributed by atoms with Gasteiger partial charge in [0.2, 0.25) is 5.91 Å². The molecule has 0 aromatic rings. The van der Waals surface area contributed by atoms with E-state index in [4.69, 9.17) is 5.73 Å². The van der Waals surface area contributed by atoms with Gasteiger partial charge < -0.3 is 10.6 Å². The number of nitrogens with zero attached hydrogens (tertiary/aromatic N) is 1. The Balaban J connectivity index is 2.48. The molecule has 2 unspecified atom stereocenters. The summed E-state index contributed by atoms with van der Waals surface area (Å²) < 4.78 is 0. The first kappa shape index (κ1) is 15.5. The van der Waals surface area contributed by atoms with E-state index in [-0.39, 0.29) is 11.5 Å². The molecule has 1 fully saturated rings. The van der Waals surface area contributed by atoms with Crippen molar-refractivity contribution in [3.63, 3.8) is 0 Å². The highest BCUT2D eigenvalue weighted by Crippen LogP contribution is 2.28. The molecule has 1 rings (SSSR count). The van der Waals surface area contributed by atoms with Gasteiger partial charge in [-0.3, -0.25) is 4.79 Å². The van der Waals surface area contributed by atoms with Gasteiger partial charge >= 0.3 is 0 Å². The van der Waals surface area contributed by atoms with E-state index < -0.39 is 0 Å². The Kier molecular flexibility index (Phi) is 5.20. The fourth-order valence-electron chi connectivity index (χ4n) is 2.90. The van der Waals surface area contributed by atoms with Gasteiger partial charge in [0.1, 0.15) is 0 Å². The van der Waals surface area contributed by atoms with Crippen molar-refractivity contribution < 1.29 is 4.79 Å². The van der Waals surface area contributed by atoms with Gasteiger partial charge in [0.25, 0.3) is 0 Å². The molecule has 18 heavy (non-hydrogen) atoms. The molecule has 0 saturated carbocycles. The molecule has 1 amide bonds. The van der Waals surface area contributed by atoms with Crippen LogP contribution in [0.3, 0.4) is 0 Å². The lowest BCUT2D eigenvalue weighted by atomic mass is 9.79. The molecule has 2 atom stereocenters. The number of rotatable bonds is 4. The summed E-state index contributed by atoms with van der Waals surface area (Å²) in [6, 6.07) is 0.217. The maximum atomic E-state index is 12.3. The minimum absolute atomic E-state index is 0.0508. The van der Waals surface area contributed by atoms with Crippen LogP contribution in [0.15, 0.2) is 0 Å². The lowest BCUT2D eigenvalue weighted by Crippen LogP contribution is -2.54. The van der Waals surface area contributed by atoms with Crippen LogP contribution in [-0.4, -0.2) is 29.9 Å². The first-order chi connectivity index (χ1) is 8.22. The molecule has 3 nitrogen and oxygen atoms in total. The summed E-state index contributed by atoms with van der Waals surface area (Å²) in [7, 11) is 0. The van der Waals surface area contributed by atoms with Gasteiger partial charge in [-0.1, -0.05) is 34.6 Å². The van der Waals surface area contributed by atoms with E-state index in [0.29, 0.717) is 24.2 Å². The molecule has 0 spiro atoms. The number of carbonyl (C=O) groups is 1. The van der Waals surface area contributed by atoms with Crippen molar-refractivity contribution in [3.8, 4) is 0 Å². The summed E-state index contributed by atoms with van der Waals surface area (Å²) in [6.07, 6.45) is 2.74. The Hall–Kier alpha value is -0.570.